The van der Waals surface area contributed by atoms with Gasteiger partial charge in [0.25, 0.3) is 5.44 Å². The number of unbranched alkanes of at least 4 members (excludes halogenated alkanes) is 2. The first-order valence-corrected chi connectivity index (χ1v) is 11.6. The number of aliphatic hydroxyl groups is 1. The van der Waals surface area contributed by atoms with Crippen LogP contribution in [0.2, 0.25) is 4.44 Å². The van der Waals surface area contributed by atoms with Crippen LogP contribution in [0.4, 0.5) is 0 Å². The van der Waals surface area contributed by atoms with Gasteiger partial charge in [-0.2, -0.15) is 8.42 Å². The predicted molar refractivity (Wildman–Crippen MR) is 88.7 cm³/mol. The Morgan fingerprint density at radius 1 is 1.18 bits per heavy atom. The van der Waals surface area contributed by atoms with Gasteiger partial charge in [0.2, 0.25) is 0 Å². The molecule has 6 nitrogen and oxygen atoms in total. The SMILES string of the molecule is CCCCC(CC)COC(=O)C(O)S(=O)(=O)O.CCC[CH2][SnH]. The van der Waals surface area contributed by atoms with E-state index in [1.165, 1.54) is 39.8 Å². The van der Waals surface area contributed by atoms with E-state index in [0.717, 1.165) is 25.7 Å². The molecule has 0 aliphatic rings. The maximum absolute atomic E-state index is 11.1. The van der Waals surface area contributed by atoms with Gasteiger partial charge in [-0.15, -0.1) is 0 Å². The van der Waals surface area contributed by atoms with E-state index in [1.54, 1.807) is 0 Å². The summed E-state index contributed by atoms with van der Waals surface area (Å²) >= 11 is 1.45. The molecule has 0 aliphatic heterocycles. The molecule has 0 rings (SSSR count). The Labute approximate surface area is 147 Å². The number of carbonyl (C=O) groups excluding carboxylic acids is 1. The summed E-state index contributed by atoms with van der Waals surface area (Å²) in [6, 6.07) is 0. The summed E-state index contributed by atoms with van der Waals surface area (Å²) in [4.78, 5) is 11.1. The summed E-state index contributed by atoms with van der Waals surface area (Å²) in [7, 11) is -4.79. The van der Waals surface area contributed by atoms with Crippen molar-refractivity contribution in [3.63, 3.8) is 0 Å². The second kappa shape index (κ2) is 14.7. The van der Waals surface area contributed by atoms with Crippen molar-refractivity contribution in [2.75, 3.05) is 6.61 Å². The third-order valence-electron chi connectivity index (χ3n) is 3.05. The molecular formula is C14H30O6SSn. The maximum atomic E-state index is 11.1. The van der Waals surface area contributed by atoms with Crippen LogP contribution in [0.3, 0.4) is 0 Å². The van der Waals surface area contributed by atoms with E-state index in [-0.39, 0.29) is 12.5 Å². The van der Waals surface area contributed by atoms with Gasteiger partial charge in [-0.05, 0) is 12.3 Å². The van der Waals surface area contributed by atoms with Crippen LogP contribution in [0.25, 0.3) is 0 Å². The molecule has 0 heterocycles. The molecule has 0 amide bonds. The number of aliphatic hydroxyl groups excluding tert-OH is 1. The summed E-state index contributed by atoms with van der Waals surface area (Å²) in [5, 5.41) is 8.90. The number of hydrogen-bond acceptors (Lipinski definition) is 5. The van der Waals surface area contributed by atoms with Crippen molar-refractivity contribution in [2.24, 2.45) is 5.92 Å². The van der Waals surface area contributed by atoms with Crippen LogP contribution in [-0.4, -0.2) is 58.6 Å². The van der Waals surface area contributed by atoms with Crippen LogP contribution in [0.5, 0.6) is 0 Å². The van der Waals surface area contributed by atoms with Gasteiger partial charge >= 0.3 is 62.8 Å². The first-order chi connectivity index (χ1) is 10.2. The molecule has 0 aromatic heterocycles. The van der Waals surface area contributed by atoms with Gasteiger partial charge in [-0.1, -0.05) is 33.1 Å². The predicted octanol–water partition coefficient (Wildman–Crippen LogP) is 2.06. The molecule has 8 heteroatoms. The monoisotopic (exact) mass is 446 g/mol. The number of carbonyl (C=O) groups is 1. The van der Waals surface area contributed by atoms with E-state index in [0.29, 0.717) is 0 Å². The van der Waals surface area contributed by atoms with Crippen molar-refractivity contribution in [3.8, 4) is 0 Å². The molecule has 2 atom stereocenters. The Bertz CT molecular complexity index is 370. The normalized spacial score (nSPS) is 13.7. The van der Waals surface area contributed by atoms with Gasteiger partial charge in [0.05, 0.1) is 6.61 Å². The molecular weight excluding hydrogens is 415 g/mol. The first-order valence-electron chi connectivity index (χ1n) is 7.75. The van der Waals surface area contributed by atoms with Crippen molar-refractivity contribution >= 4 is 38.6 Å². The molecule has 0 saturated carbocycles. The average Bonchev–Trinajstić information content (AvgIpc) is 2.47. The Morgan fingerprint density at radius 2 is 1.73 bits per heavy atom. The topological polar surface area (TPSA) is 101 Å². The number of esters is 1. The van der Waals surface area contributed by atoms with Gasteiger partial charge in [0, 0.05) is 0 Å². The van der Waals surface area contributed by atoms with Crippen molar-refractivity contribution in [1.82, 2.24) is 0 Å². The fourth-order valence-electron chi connectivity index (χ4n) is 1.50. The van der Waals surface area contributed by atoms with Crippen LogP contribution in [0.1, 0.15) is 59.3 Å². The van der Waals surface area contributed by atoms with E-state index in [9.17, 15) is 13.2 Å². The summed E-state index contributed by atoms with van der Waals surface area (Å²) in [6.45, 7) is 6.27. The summed E-state index contributed by atoms with van der Waals surface area (Å²) < 4.78 is 35.5. The zero-order valence-corrected chi connectivity index (χ0v) is 17.9. The summed E-state index contributed by atoms with van der Waals surface area (Å²) in [5.41, 5.74) is -2.51. The number of rotatable bonds is 10. The third kappa shape index (κ3) is 13.8. The van der Waals surface area contributed by atoms with Crippen LogP contribution < -0.4 is 0 Å². The molecule has 0 saturated heterocycles. The quantitative estimate of drug-likeness (QED) is 0.304. The third-order valence-corrected chi connectivity index (χ3v) is 4.97. The van der Waals surface area contributed by atoms with E-state index in [2.05, 4.69) is 11.7 Å². The molecule has 0 aromatic rings. The standard InChI is InChI=1S/C10H20O6S.C4H9.Sn.H/c1-3-5-6-8(4-2)7-16-9(11)10(12)17(13,14)15;1-3-4-2;;/h8,10,12H,3-7H2,1-2H3,(H,13,14,15);1,3-4H2,2H3;;. The second-order valence-electron chi connectivity index (χ2n) is 5.06. The Kier molecular flexibility index (Phi) is 16.3. The molecule has 0 aliphatic carbocycles. The van der Waals surface area contributed by atoms with Crippen LogP contribution >= 0.6 is 0 Å². The van der Waals surface area contributed by atoms with Crippen molar-refractivity contribution < 1.29 is 27.6 Å². The zero-order valence-electron chi connectivity index (χ0n) is 13.8. The van der Waals surface area contributed by atoms with E-state index >= 15 is 0 Å². The van der Waals surface area contributed by atoms with Crippen molar-refractivity contribution in [2.45, 2.75) is 69.2 Å². The second-order valence-corrected chi connectivity index (χ2v) is 8.18. The summed E-state index contributed by atoms with van der Waals surface area (Å²) in [5.74, 6) is -1.19. The molecule has 2 radical (unpaired) electrons. The molecule has 2 unspecified atom stereocenters. The Morgan fingerprint density at radius 3 is 2.05 bits per heavy atom. The van der Waals surface area contributed by atoms with Crippen LogP contribution in [0, 0.1) is 5.92 Å². The van der Waals surface area contributed by atoms with E-state index < -0.39 is 21.5 Å². The van der Waals surface area contributed by atoms with Gasteiger partial charge in [-0.3, -0.25) is 4.55 Å². The minimum atomic E-state index is -4.79. The van der Waals surface area contributed by atoms with Gasteiger partial charge in [0.15, 0.2) is 0 Å². The van der Waals surface area contributed by atoms with Gasteiger partial charge < -0.3 is 9.84 Å². The van der Waals surface area contributed by atoms with Crippen LogP contribution in [-0.2, 0) is 19.6 Å². The number of ether oxygens (including phenoxy) is 1. The summed E-state index contributed by atoms with van der Waals surface area (Å²) in [6.07, 6.45) is 6.52. The molecule has 132 valence electrons. The van der Waals surface area contributed by atoms with Gasteiger partial charge in [0.1, 0.15) is 0 Å². The minimum absolute atomic E-state index is 0.0575. The molecule has 0 spiro atoms. The van der Waals surface area contributed by atoms with E-state index in [1.807, 2.05) is 13.8 Å². The fraction of sp³-hybridized carbons (Fsp3) is 0.929. The molecule has 2 N–H and O–H groups in total. The zero-order chi connectivity index (χ0) is 17.6. The molecule has 0 aromatic carbocycles. The average molecular weight is 445 g/mol. The molecule has 0 fully saturated rings. The number of hydrogen-bond donors (Lipinski definition) is 2. The van der Waals surface area contributed by atoms with Gasteiger partial charge in [-0.25, -0.2) is 4.79 Å². The molecule has 0 bridgehead atoms. The van der Waals surface area contributed by atoms with E-state index in [4.69, 9.17) is 9.66 Å². The Hall–Kier alpha value is 0.139. The van der Waals surface area contributed by atoms with Crippen molar-refractivity contribution in [1.29, 1.82) is 0 Å². The first kappa shape index (κ1) is 24.4. The van der Waals surface area contributed by atoms with Crippen molar-refractivity contribution in [3.05, 3.63) is 0 Å². The fourth-order valence-corrected chi connectivity index (χ4v) is 2.97. The van der Waals surface area contributed by atoms with Crippen LogP contribution in [0.15, 0.2) is 0 Å². The Balaban J connectivity index is 0. The molecule has 22 heavy (non-hydrogen) atoms.